The Hall–Kier alpha value is -0.790. The van der Waals surface area contributed by atoms with Gasteiger partial charge in [-0.05, 0) is 49.0 Å². The lowest BCUT2D eigenvalue weighted by Gasteiger charge is -2.29. The van der Waals surface area contributed by atoms with Crippen LogP contribution in [-0.2, 0) is 9.53 Å². The van der Waals surface area contributed by atoms with Gasteiger partial charge >= 0.3 is 5.97 Å². The molecule has 2 aliphatic carbocycles. The first kappa shape index (κ1) is 13.6. The van der Waals surface area contributed by atoms with E-state index in [1.165, 1.54) is 31.8 Å². The summed E-state index contributed by atoms with van der Waals surface area (Å²) in [6.07, 6.45) is 7.12. The Morgan fingerprint density at radius 1 is 1.44 bits per heavy atom. The molecule has 0 aromatic carbocycles. The number of esters is 1. The van der Waals surface area contributed by atoms with Crippen LogP contribution < -0.4 is 0 Å². The second kappa shape index (κ2) is 5.07. The molecule has 0 aromatic heterocycles. The van der Waals surface area contributed by atoms with Gasteiger partial charge in [-0.1, -0.05) is 27.2 Å². The lowest BCUT2D eigenvalue weighted by molar-refractivity contribution is -0.137. The number of fused-ring (bicyclic) bond motifs is 1. The Kier molecular flexibility index (Phi) is 3.84. The molecule has 18 heavy (non-hydrogen) atoms. The van der Waals surface area contributed by atoms with Gasteiger partial charge in [0, 0.05) is 12.8 Å². The third kappa shape index (κ3) is 3.15. The van der Waals surface area contributed by atoms with Crippen LogP contribution in [0.1, 0.15) is 66.2 Å². The van der Waals surface area contributed by atoms with Gasteiger partial charge in [0.2, 0.25) is 0 Å². The molecule has 0 heterocycles. The normalized spacial score (nSPS) is 34.2. The molecule has 1 fully saturated rings. The summed E-state index contributed by atoms with van der Waals surface area (Å²) < 4.78 is 5.58. The Morgan fingerprint density at radius 2 is 2.17 bits per heavy atom. The molecule has 102 valence electrons. The number of ether oxygens (including phenoxy) is 1. The van der Waals surface area contributed by atoms with Gasteiger partial charge in [0.25, 0.3) is 0 Å². The summed E-state index contributed by atoms with van der Waals surface area (Å²) in [4.78, 5) is 11.3. The fraction of sp³-hybridized carbons (Fsp3) is 0.812. The van der Waals surface area contributed by atoms with Crippen LogP contribution in [0.2, 0.25) is 0 Å². The Labute approximate surface area is 111 Å². The fourth-order valence-corrected chi connectivity index (χ4v) is 3.30. The summed E-state index contributed by atoms with van der Waals surface area (Å²) in [5, 5.41) is 0. The van der Waals surface area contributed by atoms with E-state index in [1.54, 1.807) is 0 Å². The Bertz CT molecular complexity index is 365. The average molecular weight is 250 g/mol. The van der Waals surface area contributed by atoms with Gasteiger partial charge in [-0.3, -0.25) is 4.79 Å². The number of hydrogen-bond donors (Lipinski definition) is 0. The first-order valence-electron chi connectivity index (χ1n) is 7.33. The predicted molar refractivity (Wildman–Crippen MR) is 72.9 cm³/mol. The summed E-state index contributed by atoms with van der Waals surface area (Å²) in [5.74, 6) is 2.21. The molecule has 0 N–H and O–H groups in total. The summed E-state index contributed by atoms with van der Waals surface area (Å²) >= 11 is 0. The number of carbonyl (C=O) groups is 1. The van der Waals surface area contributed by atoms with E-state index >= 15 is 0 Å². The maximum Gasteiger partial charge on any atom is 0.307 e. The SMILES string of the molecule is CCC/C1=C(\OC(C)=O)C2CC2CCC(C)(C)C1. The second-order valence-electron chi connectivity index (χ2n) is 6.79. The maximum absolute atomic E-state index is 11.3. The van der Waals surface area contributed by atoms with Crippen LogP contribution in [0, 0.1) is 17.3 Å². The third-order valence-corrected chi connectivity index (χ3v) is 4.30. The maximum atomic E-state index is 11.3. The zero-order valence-corrected chi connectivity index (χ0v) is 12.2. The highest BCUT2D eigenvalue weighted by Gasteiger charge is 2.45. The van der Waals surface area contributed by atoms with Crippen molar-refractivity contribution in [3.8, 4) is 0 Å². The highest BCUT2D eigenvalue weighted by atomic mass is 16.5. The van der Waals surface area contributed by atoms with Gasteiger partial charge in [-0.25, -0.2) is 0 Å². The van der Waals surface area contributed by atoms with Crippen molar-refractivity contribution in [2.24, 2.45) is 17.3 Å². The number of carbonyl (C=O) groups excluding carboxylic acids is 1. The topological polar surface area (TPSA) is 26.3 Å². The second-order valence-corrected chi connectivity index (χ2v) is 6.79. The summed E-state index contributed by atoms with van der Waals surface area (Å²) in [6, 6.07) is 0. The summed E-state index contributed by atoms with van der Waals surface area (Å²) in [6.45, 7) is 8.42. The van der Waals surface area contributed by atoms with E-state index < -0.39 is 0 Å². The molecule has 2 heteroatoms. The van der Waals surface area contributed by atoms with Crippen LogP contribution in [0.4, 0.5) is 0 Å². The van der Waals surface area contributed by atoms with Crippen molar-refractivity contribution in [3.05, 3.63) is 11.3 Å². The van der Waals surface area contributed by atoms with Gasteiger partial charge in [-0.2, -0.15) is 0 Å². The van der Waals surface area contributed by atoms with Gasteiger partial charge in [-0.15, -0.1) is 0 Å². The zero-order valence-electron chi connectivity index (χ0n) is 12.2. The Morgan fingerprint density at radius 3 is 2.78 bits per heavy atom. The van der Waals surface area contributed by atoms with E-state index in [4.69, 9.17) is 4.74 Å². The zero-order chi connectivity index (χ0) is 13.3. The molecule has 2 atom stereocenters. The minimum absolute atomic E-state index is 0.150. The molecule has 2 unspecified atom stereocenters. The molecule has 0 bridgehead atoms. The molecular weight excluding hydrogens is 224 g/mol. The fourth-order valence-electron chi connectivity index (χ4n) is 3.30. The number of allylic oxidation sites excluding steroid dienone is 2. The molecule has 0 amide bonds. The van der Waals surface area contributed by atoms with Crippen LogP contribution in [0.3, 0.4) is 0 Å². The number of hydrogen-bond acceptors (Lipinski definition) is 2. The van der Waals surface area contributed by atoms with Crippen LogP contribution in [0.5, 0.6) is 0 Å². The molecule has 0 spiro atoms. The van der Waals surface area contributed by atoms with Gasteiger partial charge < -0.3 is 4.74 Å². The molecule has 0 saturated heterocycles. The highest BCUT2D eigenvalue weighted by Crippen LogP contribution is 2.53. The molecule has 2 aliphatic rings. The molecular formula is C16H26O2. The van der Waals surface area contributed by atoms with E-state index in [1.807, 2.05) is 0 Å². The van der Waals surface area contributed by atoms with Crippen molar-refractivity contribution >= 4 is 5.97 Å². The van der Waals surface area contributed by atoms with Gasteiger partial charge in [0.15, 0.2) is 0 Å². The van der Waals surface area contributed by atoms with E-state index in [0.29, 0.717) is 11.3 Å². The van der Waals surface area contributed by atoms with E-state index in [-0.39, 0.29) is 5.97 Å². The van der Waals surface area contributed by atoms with E-state index in [9.17, 15) is 4.79 Å². The summed E-state index contributed by atoms with van der Waals surface area (Å²) in [5.41, 5.74) is 1.76. The van der Waals surface area contributed by atoms with Gasteiger partial charge in [0.05, 0.1) is 0 Å². The molecule has 2 nitrogen and oxygen atoms in total. The van der Waals surface area contributed by atoms with Crippen LogP contribution >= 0.6 is 0 Å². The van der Waals surface area contributed by atoms with Crippen molar-refractivity contribution in [2.45, 2.75) is 66.2 Å². The lowest BCUT2D eigenvalue weighted by Crippen LogP contribution is -2.18. The predicted octanol–water partition coefficient (Wildman–Crippen LogP) is 4.45. The lowest BCUT2D eigenvalue weighted by atomic mass is 9.77. The van der Waals surface area contributed by atoms with E-state index in [2.05, 4.69) is 20.8 Å². The van der Waals surface area contributed by atoms with Crippen LogP contribution in [0.15, 0.2) is 11.3 Å². The van der Waals surface area contributed by atoms with Crippen molar-refractivity contribution in [1.82, 2.24) is 0 Å². The Balaban J connectivity index is 2.28. The standard InChI is InChI=1S/C16H26O2/c1-5-6-13-10-16(3,4)8-7-12-9-14(12)15(13)18-11(2)17/h12,14H,5-10H2,1-4H3/b15-13+. The van der Waals surface area contributed by atoms with Crippen molar-refractivity contribution in [1.29, 1.82) is 0 Å². The minimum Gasteiger partial charge on any atom is -0.431 e. The largest absolute Gasteiger partial charge is 0.431 e. The average Bonchev–Trinajstić information content (AvgIpc) is 3.00. The molecule has 0 radical (unpaired) electrons. The quantitative estimate of drug-likeness (QED) is 0.692. The minimum atomic E-state index is -0.150. The molecule has 0 aliphatic heterocycles. The van der Waals surface area contributed by atoms with Gasteiger partial charge in [0.1, 0.15) is 5.76 Å². The first-order valence-corrected chi connectivity index (χ1v) is 7.33. The monoisotopic (exact) mass is 250 g/mol. The molecule has 1 saturated carbocycles. The molecule has 2 rings (SSSR count). The first-order chi connectivity index (χ1) is 8.43. The number of rotatable bonds is 3. The van der Waals surface area contributed by atoms with E-state index in [0.717, 1.165) is 30.9 Å². The smallest absolute Gasteiger partial charge is 0.307 e. The third-order valence-electron chi connectivity index (χ3n) is 4.30. The summed E-state index contributed by atoms with van der Waals surface area (Å²) in [7, 11) is 0. The van der Waals surface area contributed by atoms with Crippen molar-refractivity contribution in [2.75, 3.05) is 0 Å². The van der Waals surface area contributed by atoms with Crippen LogP contribution in [-0.4, -0.2) is 5.97 Å². The van der Waals surface area contributed by atoms with Crippen molar-refractivity contribution < 1.29 is 9.53 Å². The molecule has 0 aromatic rings. The van der Waals surface area contributed by atoms with Crippen molar-refractivity contribution in [3.63, 3.8) is 0 Å². The highest BCUT2D eigenvalue weighted by molar-refractivity contribution is 5.67. The van der Waals surface area contributed by atoms with Crippen LogP contribution in [0.25, 0.3) is 0 Å².